The predicted molar refractivity (Wildman–Crippen MR) is 119 cm³/mol. The molecule has 1 aliphatic rings. The van der Waals surface area contributed by atoms with E-state index >= 15 is 0 Å². The third kappa shape index (κ3) is 3.47. The highest BCUT2D eigenvalue weighted by Gasteiger charge is 2.24. The van der Waals surface area contributed by atoms with Crippen molar-refractivity contribution in [2.75, 3.05) is 6.79 Å². The molecule has 3 aromatic carbocycles. The molecule has 0 fully saturated rings. The van der Waals surface area contributed by atoms with Crippen LogP contribution in [0.3, 0.4) is 0 Å². The highest BCUT2D eigenvalue weighted by atomic mass is 16.7. The molecule has 0 spiro atoms. The second kappa shape index (κ2) is 7.83. The Bertz CT molecular complexity index is 1490. The van der Waals surface area contributed by atoms with Gasteiger partial charge in [-0.15, -0.1) is 0 Å². The Morgan fingerprint density at radius 2 is 1.61 bits per heavy atom. The number of carboxylic acid groups (broad SMARTS) is 2. The fourth-order valence-electron chi connectivity index (χ4n) is 4.07. The summed E-state index contributed by atoms with van der Waals surface area (Å²) in [5.74, 6) is -1.37. The van der Waals surface area contributed by atoms with Crippen molar-refractivity contribution in [2.24, 2.45) is 0 Å². The average Bonchev–Trinajstić information content (AvgIpc) is 3.28. The van der Waals surface area contributed by atoms with Crippen molar-refractivity contribution in [3.63, 3.8) is 0 Å². The Kier molecular flexibility index (Phi) is 4.82. The molecule has 5 rings (SSSR count). The van der Waals surface area contributed by atoms with Crippen LogP contribution in [-0.4, -0.2) is 33.5 Å². The lowest BCUT2D eigenvalue weighted by molar-refractivity contribution is 0.0679. The molecule has 0 amide bonds. The van der Waals surface area contributed by atoms with Gasteiger partial charge < -0.3 is 19.7 Å². The number of pyridine rings is 1. The van der Waals surface area contributed by atoms with Crippen LogP contribution in [0.15, 0.2) is 71.5 Å². The van der Waals surface area contributed by atoms with E-state index in [9.17, 15) is 24.6 Å². The van der Waals surface area contributed by atoms with E-state index in [1.807, 2.05) is 0 Å². The Labute approximate surface area is 186 Å². The summed E-state index contributed by atoms with van der Waals surface area (Å²) < 4.78 is 11.9. The summed E-state index contributed by atoms with van der Waals surface area (Å²) in [6, 6.07) is 18.0. The van der Waals surface area contributed by atoms with Crippen LogP contribution in [-0.2, 0) is 6.54 Å². The normalized spacial score (nSPS) is 12.1. The zero-order valence-electron chi connectivity index (χ0n) is 17.1. The molecule has 33 heavy (non-hydrogen) atoms. The Morgan fingerprint density at radius 3 is 2.33 bits per heavy atom. The van der Waals surface area contributed by atoms with Crippen LogP contribution in [0.25, 0.3) is 21.9 Å². The molecule has 2 heterocycles. The monoisotopic (exact) mass is 443 g/mol. The van der Waals surface area contributed by atoms with Crippen molar-refractivity contribution in [2.45, 2.75) is 6.54 Å². The van der Waals surface area contributed by atoms with E-state index in [1.165, 1.54) is 22.8 Å². The van der Waals surface area contributed by atoms with Crippen molar-refractivity contribution < 1.29 is 29.3 Å². The lowest BCUT2D eigenvalue weighted by Gasteiger charge is -2.18. The molecule has 0 unspecified atom stereocenters. The lowest BCUT2D eigenvalue weighted by Crippen LogP contribution is -2.28. The van der Waals surface area contributed by atoms with Gasteiger partial charge in [0.2, 0.25) is 6.79 Å². The third-order valence-corrected chi connectivity index (χ3v) is 5.56. The third-order valence-electron chi connectivity index (χ3n) is 5.56. The second-order valence-corrected chi connectivity index (χ2v) is 7.54. The Morgan fingerprint density at radius 1 is 0.848 bits per heavy atom. The summed E-state index contributed by atoms with van der Waals surface area (Å²) in [6.07, 6.45) is 0. The van der Waals surface area contributed by atoms with Crippen molar-refractivity contribution >= 4 is 22.7 Å². The Hall–Kier alpha value is -4.59. The number of aromatic nitrogens is 1. The molecule has 0 radical (unpaired) electrons. The highest BCUT2D eigenvalue weighted by molar-refractivity contribution is 6.08. The first-order valence-corrected chi connectivity index (χ1v) is 10.0. The van der Waals surface area contributed by atoms with Crippen molar-refractivity contribution in [3.8, 4) is 22.6 Å². The van der Waals surface area contributed by atoms with E-state index in [2.05, 4.69) is 0 Å². The van der Waals surface area contributed by atoms with Gasteiger partial charge in [0.1, 0.15) is 5.69 Å². The maximum absolute atomic E-state index is 13.5. The number of hydrogen-bond acceptors (Lipinski definition) is 5. The molecule has 164 valence electrons. The van der Waals surface area contributed by atoms with Gasteiger partial charge >= 0.3 is 11.9 Å². The van der Waals surface area contributed by atoms with Gasteiger partial charge in [0, 0.05) is 10.9 Å². The molecule has 2 N–H and O–H groups in total. The van der Waals surface area contributed by atoms with Gasteiger partial charge in [-0.25, -0.2) is 9.59 Å². The number of ether oxygens (including phenoxy) is 2. The van der Waals surface area contributed by atoms with Crippen LogP contribution in [0, 0.1) is 0 Å². The summed E-state index contributed by atoms with van der Waals surface area (Å²) >= 11 is 0. The Balaban J connectivity index is 1.82. The minimum Gasteiger partial charge on any atom is -0.478 e. The standard InChI is InChI=1S/C25H17NO7/c27-23-17-8-7-16(24(28)29)11-18(17)21(15-4-2-1-3-5-15)22(25(30)31)26(23)12-14-6-9-19-20(10-14)33-13-32-19/h1-11H,12-13H2,(H,28,29)(H,30,31). The van der Waals surface area contributed by atoms with Crippen LogP contribution in [0.2, 0.25) is 0 Å². The summed E-state index contributed by atoms with van der Waals surface area (Å²) in [5, 5.41) is 20.1. The molecule has 8 heteroatoms. The van der Waals surface area contributed by atoms with E-state index in [0.717, 1.165) is 0 Å². The van der Waals surface area contributed by atoms with Crippen molar-refractivity contribution in [3.05, 3.63) is 93.9 Å². The minimum atomic E-state index is -1.30. The molecule has 1 aliphatic heterocycles. The number of hydrogen-bond donors (Lipinski definition) is 2. The number of nitrogens with zero attached hydrogens (tertiary/aromatic N) is 1. The molecule has 1 aromatic heterocycles. The number of fused-ring (bicyclic) bond motifs is 2. The van der Waals surface area contributed by atoms with E-state index in [0.29, 0.717) is 22.6 Å². The van der Waals surface area contributed by atoms with Gasteiger partial charge in [0.25, 0.3) is 5.56 Å². The number of carbonyl (C=O) groups is 2. The molecule has 0 bridgehead atoms. The smallest absolute Gasteiger partial charge is 0.353 e. The quantitative estimate of drug-likeness (QED) is 0.482. The zero-order chi connectivity index (χ0) is 23.1. The molecular formula is C25H17NO7. The molecule has 0 atom stereocenters. The van der Waals surface area contributed by atoms with Gasteiger partial charge in [-0.05, 0) is 46.8 Å². The van der Waals surface area contributed by atoms with Crippen molar-refractivity contribution in [1.82, 2.24) is 4.57 Å². The predicted octanol–water partition coefficient (Wildman–Crippen LogP) is 3.84. The maximum Gasteiger partial charge on any atom is 0.353 e. The van der Waals surface area contributed by atoms with Gasteiger partial charge in [-0.2, -0.15) is 0 Å². The molecular weight excluding hydrogens is 426 g/mol. The SMILES string of the molecule is O=C(O)c1ccc2c(=O)n(Cc3ccc4c(c3)OCO4)c(C(=O)O)c(-c3ccccc3)c2c1. The summed E-state index contributed by atoms with van der Waals surface area (Å²) in [4.78, 5) is 37.5. The van der Waals surface area contributed by atoms with Crippen LogP contribution >= 0.6 is 0 Å². The average molecular weight is 443 g/mol. The number of aromatic carboxylic acids is 2. The van der Waals surface area contributed by atoms with Crippen LogP contribution in [0.1, 0.15) is 26.4 Å². The van der Waals surface area contributed by atoms with Gasteiger partial charge in [0.05, 0.1) is 12.1 Å². The van der Waals surface area contributed by atoms with E-state index in [1.54, 1.807) is 48.5 Å². The van der Waals surface area contributed by atoms with Gasteiger partial charge in [-0.3, -0.25) is 9.36 Å². The zero-order valence-corrected chi connectivity index (χ0v) is 17.1. The van der Waals surface area contributed by atoms with E-state index in [4.69, 9.17) is 9.47 Å². The fraction of sp³-hybridized carbons (Fsp3) is 0.0800. The van der Waals surface area contributed by atoms with Crippen LogP contribution in [0.5, 0.6) is 11.5 Å². The number of carboxylic acids is 2. The molecule has 0 saturated heterocycles. The largest absolute Gasteiger partial charge is 0.478 e. The van der Waals surface area contributed by atoms with E-state index in [-0.39, 0.29) is 40.9 Å². The van der Waals surface area contributed by atoms with E-state index < -0.39 is 17.5 Å². The molecule has 0 saturated carbocycles. The van der Waals surface area contributed by atoms with Gasteiger partial charge in [-0.1, -0.05) is 36.4 Å². The van der Waals surface area contributed by atoms with Gasteiger partial charge in [0.15, 0.2) is 11.5 Å². The lowest BCUT2D eigenvalue weighted by atomic mass is 9.95. The second-order valence-electron chi connectivity index (χ2n) is 7.54. The maximum atomic E-state index is 13.5. The van der Waals surface area contributed by atoms with Crippen molar-refractivity contribution in [1.29, 1.82) is 0 Å². The molecule has 0 aliphatic carbocycles. The van der Waals surface area contributed by atoms with Crippen LogP contribution < -0.4 is 15.0 Å². The first kappa shape index (κ1) is 20.3. The number of rotatable bonds is 5. The topological polar surface area (TPSA) is 115 Å². The summed E-state index contributed by atoms with van der Waals surface area (Å²) in [6.45, 7) is 0.0761. The number of benzene rings is 3. The molecule has 4 aromatic rings. The first-order chi connectivity index (χ1) is 15.9. The minimum absolute atomic E-state index is 0.0203. The summed E-state index contributed by atoms with van der Waals surface area (Å²) in [7, 11) is 0. The highest BCUT2D eigenvalue weighted by Crippen LogP contribution is 2.34. The first-order valence-electron chi connectivity index (χ1n) is 10.0. The fourth-order valence-corrected chi connectivity index (χ4v) is 4.07. The molecule has 8 nitrogen and oxygen atoms in total. The summed E-state index contributed by atoms with van der Waals surface area (Å²) in [5.41, 5.74) is 0.701. The van der Waals surface area contributed by atoms with Crippen LogP contribution in [0.4, 0.5) is 0 Å².